The summed E-state index contributed by atoms with van der Waals surface area (Å²) in [6.07, 6.45) is 2.58. The summed E-state index contributed by atoms with van der Waals surface area (Å²) in [4.78, 5) is 20.3. The standard InChI is InChI=1S/C16H20ClN5O2/c1-11-8-13(20-24-11)9-21(2)16(23)19-12-5-7-22(10-12)15-14(17)4-3-6-18-15/h3-4,6,8,12H,5,7,9-10H2,1-2H3,(H,19,23)/t12-/m1/s1. The lowest BCUT2D eigenvalue weighted by Crippen LogP contribution is -2.44. The molecule has 0 aromatic carbocycles. The average Bonchev–Trinajstić information content (AvgIpc) is 3.17. The summed E-state index contributed by atoms with van der Waals surface area (Å²) in [5, 5.41) is 7.57. The van der Waals surface area contributed by atoms with Crippen molar-refractivity contribution in [2.75, 3.05) is 25.0 Å². The van der Waals surface area contributed by atoms with Crippen molar-refractivity contribution >= 4 is 23.4 Å². The van der Waals surface area contributed by atoms with Crippen molar-refractivity contribution in [2.45, 2.75) is 25.9 Å². The van der Waals surface area contributed by atoms with E-state index >= 15 is 0 Å². The highest BCUT2D eigenvalue weighted by Gasteiger charge is 2.27. The number of carbonyl (C=O) groups excluding carboxylic acids is 1. The summed E-state index contributed by atoms with van der Waals surface area (Å²) in [5.41, 5.74) is 0.735. The number of pyridine rings is 1. The second kappa shape index (κ2) is 7.09. The fraction of sp³-hybridized carbons (Fsp3) is 0.438. The molecule has 3 rings (SSSR count). The van der Waals surface area contributed by atoms with Gasteiger partial charge in [-0.3, -0.25) is 0 Å². The van der Waals surface area contributed by atoms with Crippen LogP contribution in [-0.4, -0.2) is 47.3 Å². The van der Waals surface area contributed by atoms with E-state index < -0.39 is 0 Å². The van der Waals surface area contributed by atoms with Gasteiger partial charge in [-0.1, -0.05) is 16.8 Å². The molecule has 1 saturated heterocycles. The first-order chi connectivity index (χ1) is 11.5. The van der Waals surface area contributed by atoms with Crippen molar-refractivity contribution in [3.05, 3.63) is 40.9 Å². The Hall–Kier alpha value is -2.28. The maximum atomic E-state index is 12.3. The van der Waals surface area contributed by atoms with Gasteiger partial charge >= 0.3 is 6.03 Å². The van der Waals surface area contributed by atoms with Gasteiger partial charge in [0.25, 0.3) is 0 Å². The number of halogens is 1. The number of rotatable bonds is 4. The number of hydrogen-bond donors (Lipinski definition) is 1. The lowest BCUT2D eigenvalue weighted by Gasteiger charge is -2.21. The van der Waals surface area contributed by atoms with E-state index in [-0.39, 0.29) is 12.1 Å². The van der Waals surface area contributed by atoms with Crippen molar-refractivity contribution in [3.63, 3.8) is 0 Å². The highest BCUT2D eigenvalue weighted by Crippen LogP contribution is 2.25. The molecule has 1 aliphatic rings. The maximum Gasteiger partial charge on any atom is 0.317 e. The number of aryl methyl sites for hydroxylation is 1. The van der Waals surface area contributed by atoms with Crippen molar-refractivity contribution in [3.8, 4) is 0 Å². The van der Waals surface area contributed by atoms with E-state index in [2.05, 4.69) is 20.4 Å². The molecule has 1 atom stereocenters. The van der Waals surface area contributed by atoms with Crippen LogP contribution in [0.1, 0.15) is 17.9 Å². The summed E-state index contributed by atoms with van der Waals surface area (Å²) < 4.78 is 5.02. The van der Waals surface area contributed by atoms with E-state index in [0.29, 0.717) is 18.1 Å². The van der Waals surface area contributed by atoms with Crippen molar-refractivity contribution < 1.29 is 9.32 Å². The summed E-state index contributed by atoms with van der Waals surface area (Å²) in [5.74, 6) is 1.50. The highest BCUT2D eigenvalue weighted by molar-refractivity contribution is 6.32. The Bertz CT molecular complexity index is 720. The molecule has 0 saturated carbocycles. The predicted molar refractivity (Wildman–Crippen MR) is 91.1 cm³/mol. The van der Waals surface area contributed by atoms with E-state index in [9.17, 15) is 4.79 Å². The minimum absolute atomic E-state index is 0.0667. The van der Waals surface area contributed by atoms with Gasteiger partial charge < -0.3 is 19.6 Å². The average molecular weight is 350 g/mol. The fourth-order valence-corrected chi connectivity index (χ4v) is 3.01. The van der Waals surface area contributed by atoms with Crippen LogP contribution in [0.15, 0.2) is 28.9 Å². The van der Waals surface area contributed by atoms with E-state index in [4.69, 9.17) is 16.1 Å². The Labute approximate surface area is 145 Å². The van der Waals surface area contributed by atoms with Crippen LogP contribution in [-0.2, 0) is 6.54 Å². The zero-order chi connectivity index (χ0) is 17.1. The van der Waals surface area contributed by atoms with Gasteiger partial charge in [-0.15, -0.1) is 0 Å². The second-order valence-corrected chi connectivity index (χ2v) is 6.38. The Balaban J connectivity index is 1.53. The first-order valence-electron chi connectivity index (χ1n) is 7.82. The Morgan fingerprint density at radius 2 is 2.42 bits per heavy atom. The number of aromatic nitrogens is 2. The van der Waals surface area contributed by atoms with Crippen LogP contribution < -0.4 is 10.2 Å². The maximum absolute atomic E-state index is 12.3. The number of anilines is 1. The van der Waals surface area contributed by atoms with Crippen LogP contribution in [0.4, 0.5) is 10.6 Å². The van der Waals surface area contributed by atoms with E-state index in [0.717, 1.165) is 30.2 Å². The Morgan fingerprint density at radius 3 is 3.12 bits per heavy atom. The highest BCUT2D eigenvalue weighted by atomic mass is 35.5. The molecule has 3 heterocycles. The SMILES string of the molecule is Cc1cc(CN(C)C(=O)N[C@@H]2CCN(c3ncccc3Cl)C2)no1. The smallest absolute Gasteiger partial charge is 0.317 e. The minimum Gasteiger partial charge on any atom is -0.361 e. The minimum atomic E-state index is -0.130. The monoisotopic (exact) mass is 349 g/mol. The lowest BCUT2D eigenvalue weighted by molar-refractivity contribution is 0.202. The number of hydrogen-bond acceptors (Lipinski definition) is 5. The number of nitrogens with zero attached hydrogens (tertiary/aromatic N) is 4. The third-order valence-electron chi connectivity index (χ3n) is 3.98. The molecule has 2 aromatic rings. The van der Waals surface area contributed by atoms with Gasteiger partial charge in [0, 0.05) is 38.4 Å². The molecule has 24 heavy (non-hydrogen) atoms. The van der Waals surface area contributed by atoms with Crippen LogP contribution in [0.2, 0.25) is 5.02 Å². The first-order valence-corrected chi connectivity index (χ1v) is 8.20. The van der Waals surface area contributed by atoms with Gasteiger partial charge in [-0.25, -0.2) is 9.78 Å². The number of urea groups is 1. The van der Waals surface area contributed by atoms with Gasteiger partial charge in [0.15, 0.2) is 0 Å². The Kier molecular flexibility index (Phi) is 4.89. The van der Waals surface area contributed by atoms with Crippen molar-refractivity contribution in [1.29, 1.82) is 0 Å². The molecule has 128 valence electrons. The third-order valence-corrected chi connectivity index (χ3v) is 4.27. The zero-order valence-electron chi connectivity index (χ0n) is 13.7. The number of nitrogens with one attached hydrogen (secondary N) is 1. The van der Waals surface area contributed by atoms with Crippen molar-refractivity contribution in [2.24, 2.45) is 0 Å². The third kappa shape index (κ3) is 3.79. The van der Waals surface area contributed by atoms with Gasteiger partial charge in [-0.2, -0.15) is 0 Å². The molecule has 1 N–H and O–H groups in total. The summed E-state index contributed by atoms with van der Waals surface area (Å²) in [6, 6.07) is 5.39. The largest absolute Gasteiger partial charge is 0.361 e. The molecule has 1 fully saturated rings. The molecular weight excluding hydrogens is 330 g/mol. The summed E-state index contributed by atoms with van der Waals surface area (Å²) >= 11 is 6.18. The Morgan fingerprint density at radius 1 is 1.58 bits per heavy atom. The van der Waals surface area contributed by atoms with Gasteiger partial charge in [-0.05, 0) is 25.5 Å². The van der Waals surface area contributed by atoms with Gasteiger partial charge in [0.1, 0.15) is 17.3 Å². The topological polar surface area (TPSA) is 74.5 Å². The molecule has 8 heteroatoms. The van der Waals surface area contributed by atoms with E-state index in [1.807, 2.05) is 25.1 Å². The molecule has 7 nitrogen and oxygen atoms in total. The molecule has 0 bridgehead atoms. The quantitative estimate of drug-likeness (QED) is 0.917. The summed E-state index contributed by atoms with van der Waals surface area (Å²) in [7, 11) is 1.74. The molecule has 0 spiro atoms. The molecular formula is C16H20ClN5O2. The van der Waals surface area contributed by atoms with Crippen LogP contribution in [0.25, 0.3) is 0 Å². The summed E-state index contributed by atoms with van der Waals surface area (Å²) in [6.45, 7) is 3.74. The van der Waals surface area contributed by atoms with Crippen LogP contribution >= 0.6 is 11.6 Å². The zero-order valence-corrected chi connectivity index (χ0v) is 14.5. The van der Waals surface area contributed by atoms with Gasteiger partial charge in [0.2, 0.25) is 0 Å². The van der Waals surface area contributed by atoms with E-state index in [1.54, 1.807) is 18.1 Å². The van der Waals surface area contributed by atoms with Gasteiger partial charge in [0.05, 0.1) is 11.6 Å². The van der Waals surface area contributed by atoms with Crippen molar-refractivity contribution in [1.82, 2.24) is 20.4 Å². The number of carbonyl (C=O) groups is 1. The van der Waals surface area contributed by atoms with E-state index in [1.165, 1.54) is 0 Å². The normalized spacial score (nSPS) is 17.1. The first kappa shape index (κ1) is 16.6. The predicted octanol–water partition coefficient (Wildman–Crippen LogP) is 2.45. The molecule has 1 aliphatic heterocycles. The van der Waals surface area contributed by atoms with Crippen LogP contribution in [0, 0.1) is 6.92 Å². The van der Waals surface area contributed by atoms with Crippen LogP contribution in [0.3, 0.4) is 0 Å². The lowest BCUT2D eigenvalue weighted by atomic mass is 10.3. The molecule has 0 radical (unpaired) electrons. The number of amides is 2. The second-order valence-electron chi connectivity index (χ2n) is 5.97. The molecule has 2 amide bonds. The molecule has 0 unspecified atom stereocenters. The molecule has 2 aromatic heterocycles. The fourth-order valence-electron chi connectivity index (χ4n) is 2.77. The molecule has 0 aliphatic carbocycles. The van der Waals surface area contributed by atoms with Crippen LogP contribution in [0.5, 0.6) is 0 Å².